The Bertz CT molecular complexity index is 754. The first-order chi connectivity index (χ1) is 14.4. The average molecular weight is 454 g/mol. The molecular weight excluding hydrogens is 421 g/mol. The molecule has 3 saturated heterocycles. The maximum atomic E-state index is 13.5. The van der Waals surface area contributed by atoms with Gasteiger partial charge in [0.1, 0.15) is 0 Å². The lowest BCUT2D eigenvalue weighted by molar-refractivity contribution is -0.153. The second kappa shape index (κ2) is 9.74. The number of likely N-dealkylation sites (tertiary alicyclic amines) is 1. The van der Waals surface area contributed by atoms with Crippen molar-refractivity contribution in [2.45, 2.75) is 51.2 Å². The molecule has 0 spiro atoms. The summed E-state index contributed by atoms with van der Waals surface area (Å²) in [5.41, 5.74) is 0.917. The van der Waals surface area contributed by atoms with Crippen LogP contribution in [0.15, 0.2) is 18.2 Å². The molecule has 1 amide bonds. The lowest BCUT2D eigenvalue weighted by atomic mass is 9.90. The van der Waals surface area contributed by atoms with Crippen molar-refractivity contribution in [3.05, 3.63) is 33.8 Å². The van der Waals surface area contributed by atoms with Crippen LogP contribution >= 0.6 is 23.2 Å². The van der Waals surface area contributed by atoms with Crippen LogP contribution in [0.5, 0.6) is 0 Å². The average Bonchev–Trinajstić information content (AvgIpc) is 3.25. The number of ether oxygens (including phenoxy) is 1. The Morgan fingerprint density at radius 2 is 1.80 bits per heavy atom. The second-order valence-corrected chi connectivity index (χ2v) is 10.1. The molecule has 2 unspecified atom stereocenters. The maximum Gasteiger partial charge on any atom is 0.227 e. The Kier molecular flexibility index (Phi) is 7.26. The molecule has 1 aromatic carbocycles. The van der Waals surface area contributed by atoms with Gasteiger partial charge in [-0.3, -0.25) is 14.6 Å². The molecule has 4 rings (SSSR count). The Balaban J connectivity index is 1.57. The minimum atomic E-state index is 0.179. The first-order valence-electron chi connectivity index (χ1n) is 11.2. The van der Waals surface area contributed by atoms with Crippen molar-refractivity contribution < 1.29 is 9.53 Å². The summed E-state index contributed by atoms with van der Waals surface area (Å²) in [6, 6.07) is 6.21. The van der Waals surface area contributed by atoms with Crippen LogP contribution < -0.4 is 0 Å². The fraction of sp³-hybridized carbons (Fsp3) is 0.696. The van der Waals surface area contributed by atoms with Gasteiger partial charge < -0.3 is 9.64 Å². The zero-order chi connectivity index (χ0) is 21.3. The number of rotatable bonds is 5. The lowest BCUT2D eigenvalue weighted by Gasteiger charge is -2.54. The molecule has 166 valence electrons. The largest absolute Gasteiger partial charge is 0.378 e. The molecule has 3 fully saturated rings. The van der Waals surface area contributed by atoms with Gasteiger partial charge in [0.25, 0.3) is 0 Å². The fourth-order valence-electron chi connectivity index (χ4n) is 5.36. The predicted molar refractivity (Wildman–Crippen MR) is 121 cm³/mol. The quantitative estimate of drug-likeness (QED) is 0.682. The number of carbonyl (C=O) groups is 1. The summed E-state index contributed by atoms with van der Waals surface area (Å²) in [7, 11) is 0. The molecule has 5 nitrogen and oxygen atoms in total. The first-order valence-corrected chi connectivity index (χ1v) is 12.0. The van der Waals surface area contributed by atoms with E-state index in [1.54, 1.807) is 6.07 Å². The third-order valence-electron chi connectivity index (χ3n) is 6.69. The Morgan fingerprint density at radius 3 is 2.50 bits per heavy atom. The standard InChI is InChI=1S/C23H33Cl2N3O2/c1-16(2)13-27-9-10-28(22(29)12-17-5-6-18(24)19(25)11-17)23-20(14-30-15-21(23)27)26-7-3-4-8-26/h5-6,11,16,20-21,23H,3-4,7-10,12-15H2,1-2H3/t20?,21?,23-/m1/s1. The van der Waals surface area contributed by atoms with Gasteiger partial charge in [-0.05, 0) is 49.5 Å². The van der Waals surface area contributed by atoms with Crippen molar-refractivity contribution in [1.29, 1.82) is 0 Å². The number of amides is 1. The highest BCUT2D eigenvalue weighted by Crippen LogP contribution is 2.31. The van der Waals surface area contributed by atoms with E-state index < -0.39 is 0 Å². The minimum absolute atomic E-state index is 0.179. The van der Waals surface area contributed by atoms with Crippen LogP contribution in [0.3, 0.4) is 0 Å². The van der Waals surface area contributed by atoms with Gasteiger partial charge in [0.15, 0.2) is 0 Å². The van der Waals surface area contributed by atoms with E-state index in [1.165, 1.54) is 12.8 Å². The number of hydrogen-bond acceptors (Lipinski definition) is 4. The van der Waals surface area contributed by atoms with Gasteiger partial charge in [-0.15, -0.1) is 0 Å². The first kappa shape index (κ1) is 22.3. The van der Waals surface area contributed by atoms with Crippen LogP contribution in [0.4, 0.5) is 0 Å². The van der Waals surface area contributed by atoms with Crippen LogP contribution in [-0.2, 0) is 16.0 Å². The van der Waals surface area contributed by atoms with Crippen LogP contribution in [0.2, 0.25) is 10.0 Å². The topological polar surface area (TPSA) is 36.0 Å². The third kappa shape index (κ3) is 4.81. The van der Waals surface area contributed by atoms with Crippen molar-refractivity contribution in [2.24, 2.45) is 5.92 Å². The van der Waals surface area contributed by atoms with E-state index in [0.29, 0.717) is 35.6 Å². The van der Waals surface area contributed by atoms with Gasteiger partial charge in [0.2, 0.25) is 5.91 Å². The smallest absolute Gasteiger partial charge is 0.227 e. The van der Waals surface area contributed by atoms with Gasteiger partial charge in [0, 0.05) is 19.6 Å². The summed E-state index contributed by atoms with van der Waals surface area (Å²) in [5, 5.41) is 1.02. The van der Waals surface area contributed by atoms with Gasteiger partial charge >= 0.3 is 0 Å². The highest BCUT2D eigenvalue weighted by molar-refractivity contribution is 6.42. The van der Waals surface area contributed by atoms with Gasteiger partial charge in [-0.25, -0.2) is 0 Å². The monoisotopic (exact) mass is 453 g/mol. The van der Waals surface area contributed by atoms with E-state index >= 15 is 0 Å². The molecule has 0 saturated carbocycles. The van der Waals surface area contributed by atoms with Crippen molar-refractivity contribution in [2.75, 3.05) is 45.9 Å². The van der Waals surface area contributed by atoms with Crippen LogP contribution in [-0.4, -0.2) is 84.7 Å². The van der Waals surface area contributed by atoms with E-state index in [0.717, 1.165) is 38.3 Å². The van der Waals surface area contributed by atoms with Crippen molar-refractivity contribution in [3.63, 3.8) is 0 Å². The molecule has 30 heavy (non-hydrogen) atoms. The van der Waals surface area contributed by atoms with Crippen molar-refractivity contribution in [1.82, 2.24) is 14.7 Å². The summed E-state index contributed by atoms with van der Waals surface area (Å²) in [4.78, 5) is 20.7. The molecule has 3 atom stereocenters. The highest BCUT2D eigenvalue weighted by Gasteiger charge is 2.47. The van der Waals surface area contributed by atoms with E-state index in [9.17, 15) is 4.79 Å². The SMILES string of the molecule is CC(C)CN1CCN(C(=O)Cc2ccc(Cl)c(Cl)c2)[C@@H]2C(N3CCCC3)COCC21. The van der Waals surface area contributed by atoms with E-state index in [2.05, 4.69) is 28.5 Å². The number of fused-ring (bicyclic) bond motifs is 1. The Labute approximate surface area is 190 Å². The van der Waals surface area contributed by atoms with Crippen LogP contribution in [0.25, 0.3) is 0 Å². The van der Waals surface area contributed by atoms with Crippen molar-refractivity contribution in [3.8, 4) is 0 Å². The number of halogens is 2. The molecule has 3 heterocycles. The number of benzene rings is 1. The molecular formula is C23H33Cl2N3O2. The Hall–Kier alpha value is -0.850. The van der Waals surface area contributed by atoms with E-state index in [1.807, 2.05) is 12.1 Å². The number of nitrogens with zero attached hydrogens (tertiary/aromatic N) is 3. The number of hydrogen-bond donors (Lipinski definition) is 0. The molecule has 0 aliphatic carbocycles. The van der Waals surface area contributed by atoms with Gasteiger partial charge in [-0.2, -0.15) is 0 Å². The summed E-state index contributed by atoms with van der Waals surface area (Å²) in [5.74, 6) is 0.773. The molecule has 3 aliphatic rings. The molecule has 0 N–H and O–H groups in total. The third-order valence-corrected chi connectivity index (χ3v) is 7.43. The van der Waals surface area contributed by atoms with Crippen molar-refractivity contribution >= 4 is 29.1 Å². The fourth-order valence-corrected chi connectivity index (χ4v) is 5.68. The zero-order valence-corrected chi connectivity index (χ0v) is 19.5. The molecule has 0 bridgehead atoms. The number of piperazine rings is 1. The van der Waals surface area contributed by atoms with Gasteiger partial charge in [0.05, 0.1) is 47.8 Å². The molecule has 7 heteroatoms. The summed E-state index contributed by atoms with van der Waals surface area (Å²) >= 11 is 12.2. The summed E-state index contributed by atoms with van der Waals surface area (Å²) in [6.45, 7) is 10.9. The second-order valence-electron chi connectivity index (χ2n) is 9.31. The normalized spacial score (nSPS) is 28.2. The molecule has 3 aliphatic heterocycles. The number of carbonyl (C=O) groups excluding carboxylic acids is 1. The molecule has 1 aromatic rings. The Morgan fingerprint density at radius 1 is 1.07 bits per heavy atom. The van der Waals surface area contributed by atoms with E-state index in [4.69, 9.17) is 27.9 Å². The minimum Gasteiger partial charge on any atom is -0.378 e. The van der Waals surface area contributed by atoms with Crippen LogP contribution in [0, 0.1) is 5.92 Å². The zero-order valence-electron chi connectivity index (χ0n) is 18.0. The van der Waals surface area contributed by atoms with Gasteiger partial charge in [-0.1, -0.05) is 43.1 Å². The summed E-state index contributed by atoms with van der Waals surface area (Å²) < 4.78 is 6.10. The van der Waals surface area contributed by atoms with E-state index in [-0.39, 0.29) is 24.0 Å². The molecule has 0 radical (unpaired) electrons. The molecule has 0 aromatic heterocycles. The predicted octanol–water partition coefficient (Wildman–Crippen LogP) is 3.57. The maximum absolute atomic E-state index is 13.5. The highest BCUT2D eigenvalue weighted by atomic mass is 35.5. The summed E-state index contributed by atoms with van der Waals surface area (Å²) in [6.07, 6.45) is 2.83. The van der Waals surface area contributed by atoms with Crippen LogP contribution in [0.1, 0.15) is 32.3 Å². The lowest BCUT2D eigenvalue weighted by Crippen LogP contribution is -2.71.